The van der Waals surface area contributed by atoms with Gasteiger partial charge in [-0.1, -0.05) is 0 Å². The van der Waals surface area contributed by atoms with Crippen LogP contribution in [0.1, 0.15) is 41.0 Å². The third-order valence-corrected chi connectivity index (χ3v) is 4.01. The number of methoxy groups -OCH3 is 2. The standard InChI is InChI=1S/C17H29NO8/c1-16(2,3)26-15(20)18-9(8-10(19)21-6)11-12(22-7)13-14(23-11)25-17(4,5)24-13/h9,11-14H,8H2,1-7H3,(H,18,20)/t9-,11-,12-,13+,14+/m0/s1. The van der Waals surface area contributed by atoms with Crippen molar-refractivity contribution in [1.82, 2.24) is 5.32 Å². The van der Waals surface area contributed by atoms with E-state index in [9.17, 15) is 9.59 Å². The second-order valence-electron chi connectivity index (χ2n) is 7.80. The zero-order valence-electron chi connectivity index (χ0n) is 16.4. The normalized spacial score (nSPS) is 31.2. The first kappa shape index (κ1) is 20.9. The SMILES string of the molecule is COC(=O)C[C@H](NC(=O)OC(C)(C)C)[C@@H]1O[C@@H]2OC(C)(C)O[C@@H]2[C@H]1OC. The third kappa shape index (κ3) is 5.06. The molecule has 9 heteroatoms. The van der Waals surface area contributed by atoms with E-state index in [1.54, 1.807) is 34.6 Å². The number of alkyl carbamates (subject to hydrolysis) is 1. The van der Waals surface area contributed by atoms with Crippen molar-refractivity contribution >= 4 is 12.1 Å². The minimum absolute atomic E-state index is 0.108. The van der Waals surface area contributed by atoms with Crippen molar-refractivity contribution in [3.63, 3.8) is 0 Å². The summed E-state index contributed by atoms with van der Waals surface area (Å²) in [5, 5.41) is 2.68. The van der Waals surface area contributed by atoms with Gasteiger partial charge in [-0.25, -0.2) is 4.79 Å². The van der Waals surface area contributed by atoms with Crippen LogP contribution in [0, 0.1) is 0 Å². The number of nitrogens with one attached hydrogen (secondary N) is 1. The maximum atomic E-state index is 12.2. The first-order valence-electron chi connectivity index (χ1n) is 8.56. The molecule has 1 N–H and O–H groups in total. The molecule has 2 aliphatic rings. The van der Waals surface area contributed by atoms with Gasteiger partial charge in [0.25, 0.3) is 0 Å². The minimum atomic E-state index is -0.798. The predicted octanol–water partition coefficient (Wildman–Crippen LogP) is 1.33. The molecule has 2 rings (SSSR count). The Morgan fingerprint density at radius 2 is 1.85 bits per heavy atom. The zero-order valence-corrected chi connectivity index (χ0v) is 16.4. The molecule has 0 aromatic heterocycles. The molecule has 2 aliphatic heterocycles. The van der Waals surface area contributed by atoms with Crippen molar-refractivity contribution < 1.29 is 38.0 Å². The van der Waals surface area contributed by atoms with Crippen LogP contribution in [-0.4, -0.2) is 68.3 Å². The van der Waals surface area contributed by atoms with E-state index in [1.807, 2.05) is 0 Å². The minimum Gasteiger partial charge on any atom is -0.469 e. The molecule has 2 heterocycles. The molecule has 0 aliphatic carbocycles. The number of esters is 1. The van der Waals surface area contributed by atoms with Gasteiger partial charge < -0.3 is 33.7 Å². The molecule has 0 unspecified atom stereocenters. The van der Waals surface area contributed by atoms with E-state index in [0.717, 1.165) is 0 Å². The van der Waals surface area contributed by atoms with Gasteiger partial charge in [-0.2, -0.15) is 0 Å². The fourth-order valence-electron chi connectivity index (χ4n) is 3.07. The summed E-state index contributed by atoms with van der Waals surface area (Å²) in [4.78, 5) is 24.0. The molecule has 5 atom stereocenters. The van der Waals surface area contributed by atoms with Crippen molar-refractivity contribution in [1.29, 1.82) is 0 Å². The van der Waals surface area contributed by atoms with Crippen LogP contribution in [0.3, 0.4) is 0 Å². The molecule has 0 radical (unpaired) electrons. The highest BCUT2D eigenvalue weighted by Crippen LogP contribution is 2.39. The van der Waals surface area contributed by atoms with Gasteiger partial charge in [0.15, 0.2) is 12.1 Å². The number of fused-ring (bicyclic) bond motifs is 1. The Hall–Kier alpha value is -1.42. The van der Waals surface area contributed by atoms with Crippen LogP contribution in [-0.2, 0) is 33.2 Å². The molecule has 0 spiro atoms. The lowest BCUT2D eigenvalue weighted by Gasteiger charge is -2.31. The number of carbonyl (C=O) groups excluding carboxylic acids is 2. The molecule has 2 fully saturated rings. The summed E-state index contributed by atoms with van der Waals surface area (Å²) in [5.74, 6) is -1.29. The van der Waals surface area contributed by atoms with E-state index >= 15 is 0 Å². The van der Waals surface area contributed by atoms with Gasteiger partial charge >= 0.3 is 12.1 Å². The predicted molar refractivity (Wildman–Crippen MR) is 89.3 cm³/mol. The molecule has 26 heavy (non-hydrogen) atoms. The fraction of sp³-hybridized carbons (Fsp3) is 0.882. The molecule has 9 nitrogen and oxygen atoms in total. The molecule has 1 amide bonds. The highest BCUT2D eigenvalue weighted by atomic mass is 16.8. The van der Waals surface area contributed by atoms with E-state index in [1.165, 1.54) is 14.2 Å². The second-order valence-corrected chi connectivity index (χ2v) is 7.80. The van der Waals surface area contributed by atoms with Crippen LogP contribution in [0.5, 0.6) is 0 Å². The Balaban J connectivity index is 2.14. The molecular weight excluding hydrogens is 346 g/mol. The quantitative estimate of drug-likeness (QED) is 0.718. The monoisotopic (exact) mass is 375 g/mol. The Morgan fingerprint density at radius 1 is 1.19 bits per heavy atom. The molecule has 0 aromatic rings. The molecular formula is C17H29NO8. The number of hydrogen-bond donors (Lipinski definition) is 1. The van der Waals surface area contributed by atoms with E-state index in [4.69, 9.17) is 28.4 Å². The largest absolute Gasteiger partial charge is 0.469 e. The van der Waals surface area contributed by atoms with Gasteiger partial charge in [-0.3, -0.25) is 4.79 Å². The maximum Gasteiger partial charge on any atom is 0.407 e. The molecule has 150 valence electrons. The van der Waals surface area contributed by atoms with E-state index in [0.29, 0.717) is 0 Å². The van der Waals surface area contributed by atoms with Crippen LogP contribution >= 0.6 is 0 Å². The lowest BCUT2D eigenvalue weighted by atomic mass is 10.0. The summed E-state index contributed by atoms with van der Waals surface area (Å²) in [6, 6.07) is -0.733. The van der Waals surface area contributed by atoms with E-state index < -0.39 is 54.1 Å². The molecule has 0 bridgehead atoms. The number of carbonyl (C=O) groups is 2. The van der Waals surface area contributed by atoms with Crippen LogP contribution in [0.2, 0.25) is 0 Å². The smallest absolute Gasteiger partial charge is 0.407 e. The molecule has 0 aromatic carbocycles. The number of ether oxygens (including phenoxy) is 6. The van der Waals surface area contributed by atoms with Crippen molar-refractivity contribution in [3.05, 3.63) is 0 Å². The summed E-state index contributed by atoms with van der Waals surface area (Å²) >= 11 is 0. The Morgan fingerprint density at radius 3 is 2.38 bits per heavy atom. The molecule has 0 saturated carbocycles. The van der Waals surface area contributed by atoms with Crippen molar-refractivity contribution in [2.24, 2.45) is 0 Å². The summed E-state index contributed by atoms with van der Waals surface area (Å²) in [7, 11) is 2.79. The number of amides is 1. The highest BCUT2D eigenvalue weighted by molar-refractivity contribution is 5.73. The first-order chi connectivity index (χ1) is 12.0. The topological polar surface area (TPSA) is 102 Å². The van der Waals surface area contributed by atoms with Gasteiger partial charge in [0, 0.05) is 7.11 Å². The van der Waals surface area contributed by atoms with E-state index in [-0.39, 0.29) is 6.42 Å². The average Bonchev–Trinajstić information content (AvgIpc) is 2.95. The van der Waals surface area contributed by atoms with Crippen LogP contribution in [0.15, 0.2) is 0 Å². The summed E-state index contributed by atoms with van der Waals surface area (Å²) in [5.41, 5.74) is -0.677. The van der Waals surface area contributed by atoms with Crippen LogP contribution < -0.4 is 5.32 Å². The van der Waals surface area contributed by atoms with Gasteiger partial charge in [-0.15, -0.1) is 0 Å². The Kier molecular flexibility index (Phi) is 6.17. The number of rotatable bonds is 5. The summed E-state index contributed by atoms with van der Waals surface area (Å²) < 4.78 is 33.0. The van der Waals surface area contributed by atoms with Gasteiger partial charge in [0.05, 0.1) is 19.6 Å². The Bertz CT molecular complexity index is 529. The van der Waals surface area contributed by atoms with Gasteiger partial charge in [0.1, 0.15) is 23.9 Å². The van der Waals surface area contributed by atoms with E-state index in [2.05, 4.69) is 5.32 Å². The van der Waals surface area contributed by atoms with Crippen LogP contribution in [0.25, 0.3) is 0 Å². The number of hydrogen-bond acceptors (Lipinski definition) is 8. The van der Waals surface area contributed by atoms with Crippen molar-refractivity contribution in [2.75, 3.05) is 14.2 Å². The maximum absolute atomic E-state index is 12.2. The lowest BCUT2D eigenvalue weighted by molar-refractivity contribution is -0.220. The van der Waals surface area contributed by atoms with Crippen molar-refractivity contribution in [2.45, 2.75) is 83.1 Å². The zero-order chi connectivity index (χ0) is 19.7. The summed E-state index contributed by atoms with van der Waals surface area (Å²) in [6.45, 7) is 8.81. The van der Waals surface area contributed by atoms with Crippen molar-refractivity contribution in [3.8, 4) is 0 Å². The second kappa shape index (κ2) is 7.67. The fourth-order valence-corrected chi connectivity index (χ4v) is 3.07. The third-order valence-electron chi connectivity index (χ3n) is 4.01. The highest BCUT2D eigenvalue weighted by Gasteiger charge is 2.57. The van der Waals surface area contributed by atoms with Gasteiger partial charge in [0.2, 0.25) is 0 Å². The average molecular weight is 375 g/mol. The lowest BCUT2D eigenvalue weighted by Crippen LogP contribution is -2.52. The Labute approximate surface area is 153 Å². The first-order valence-corrected chi connectivity index (χ1v) is 8.56. The molecule has 2 saturated heterocycles. The van der Waals surface area contributed by atoms with Gasteiger partial charge in [-0.05, 0) is 34.6 Å². The van der Waals surface area contributed by atoms with Crippen LogP contribution in [0.4, 0.5) is 4.79 Å². The summed E-state index contributed by atoms with van der Waals surface area (Å²) in [6.07, 6.45) is -3.10.